The van der Waals surface area contributed by atoms with Gasteiger partial charge in [0.05, 0.1) is 11.0 Å². The number of para-hydroxylation sites is 2. The molecule has 1 amide bonds. The lowest BCUT2D eigenvalue weighted by atomic mass is 10.0. The molecule has 8 nitrogen and oxygen atoms in total. The number of rotatable bonds is 5. The van der Waals surface area contributed by atoms with Crippen LogP contribution in [0.3, 0.4) is 0 Å². The van der Waals surface area contributed by atoms with Crippen molar-refractivity contribution in [3.63, 3.8) is 0 Å². The SMILES string of the molecule is O=C(NCCN1CCC(n2c(=O)[nH]c3ccccc32)CC1)c1cc(F)cc(F)c1.O=C(O)C(F)(F)F. The molecule has 0 bridgehead atoms. The lowest BCUT2D eigenvalue weighted by Crippen LogP contribution is -2.41. The van der Waals surface area contributed by atoms with Crippen LogP contribution in [0.2, 0.25) is 0 Å². The molecule has 36 heavy (non-hydrogen) atoms. The molecule has 1 aliphatic rings. The zero-order chi connectivity index (χ0) is 26.5. The van der Waals surface area contributed by atoms with E-state index in [4.69, 9.17) is 9.90 Å². The number of hydrogen-bond donors (Lipinski definition) is 3. The Morgan fingerprint density at radius 2 is 1.64 bits per heavy atom. The Kier molecular flexibility index (Phi) is 8.45. The highest BCUT2D eigenvalue weighted by Crippen LogP contribution is 2.24. The Morgan fingerprint density at radius 3 is 2.22 bits per heavy atom. The van der Waals surface area contributed by atoms with Crippen molar-refractivity contribution in [3.8, 4) is 0 Å². The number of halogens is 5. The van der Waals surface area contributed by atoms with Crippen LogP contribution in [0.25, 0.3) is 11.0 Å². The third-order valence-corrected chi connectivity index (χ3v) is 5.63. The molecule has 3 N–H and O–H groups in total. The summed E-state index contributed by atoms with van der Waals surface area (Å²) in [6, 6.07) is 10.6. The molecule has 1 fully saturated rings. The number of likely N-dealkylation sites (tertiary alicyclic amines) is 1. The Hall–Kier alpha value is -3.74. The summed E-state index contributed by atoms with van der Waals surface area (Å²) >= 11 is 0. The molecule has 0 radical (unpaired) electrons. The minimum absolute atomic E-state index is 0.0279. The largest absolute Gasteiger partial charge is 0.490 e. The number of amides is 1. The monoisotopic (exact) mass is 514 g/mol. The highest BCUT2D eigenvalue weighted by Gasteiger charge is 2.38. The average Bonchev–Trinajstić information content (AvgIpc) is 3.14. The number of benzene rings is 2. The number of H-pyrrole nitrogens is 1. The zero-order valence-electron chi connectivity index (χ0n) is 18.8. The lowest BCUT2D eigenvalue weighted by Gasteiger charge is -2.32. The number of carboxylic acids is 1. The normalized spacial score (nSPS) is 14.8. The number of aromatic amines is 1. The molecule has 0 aliphatic carbocycles. The predicted molar refractivity (Wildman–Crippen MR) is 120 cm³/mol. The van der Waals surface area contributed by atoms with Gasteiger partial charge in [-0.05, 0) is 37.1 Å². The molecule has 0 unspecified atom stereocenters. The number of aromatic nitrogens is 2. The summed E-state index contributed by atoms with van der Waals surface area (Å²) in [6.07, 6.45) is -3.41. The number of imidazole rings is 1. The third-order valence-electron chi connectivity index (χ3n) is 5.63. The van der Waals surface area contributed by atoms with Crippen LogP contribution in [0.5, 0.6) is 0 Å². The van der Waals surface area contributed by atoms with E-state index in [1.54, 1.807) is 0 Å². The molecular weight excluding hydrogens is 491 g/mol. The lowest BCUT2D eigenvalue weighted by molar-refractivity contribution is -0.192. The molecule has 1 aromatic heterocycles. The standard InChI is InChI=1S/C21H22F2N4O2.C2HF3O2/c22-15-11-14(12-16(23)13-15)20(28)24-7-10-26-8-5-17(6-9-26)27-19-4-2-1-3-18(19)25-21(27)29;3-2(4,5)1(6)7/h1-4,11-13,17H,5-10H2,(H,24,28)(H,25,29);(H,6,7). The number of aliphatic carboxylic acids is 1. The number of nitrogens with one attached hydrogen (secondary N) is 2. The summed E-state index contributed by atoms with van der Waals surface area (Å²) < 4.78 is 60.0. The van der Waals surface area contributed by atoms with Gasteiger partial charge in [0.1, 0.15) is 11.6 Å². The maximum absolute atomic E-state index is 13.2. The van der Waals surface area contributed by atoms with E-state index in [1.807, 2.05) is 28.8 Å². The fourth-order valence-electron chi connectivity index (χ4n) is 3.95. The predicted octanol–water partition coefficient (Wildman–Crippen LogP) is 3.31. The zero-order valence-corrected chi connectivity index (χ0v) is 18.8. The Balaban J connectivity index is 0.000000454. The number of hydrogen-bond acceptors (Lipinski definition) is 4. The van der Waals surface area contributed by atoms with Gasteiger partial charge in [-0.15, -0.1) is 0 Å². The average molecular weight is 514 g/mol. The molecule has 0 atom stereocenters. The van der Waals surface area contributed by atoms with Crippen molar-refractivity contribution in [2.24, 2.45) is 0 Å². The van der Waals surface area contributed by atoms with E-state index in [0.717, 1.165) is 55.2 Å². The Bertz CT molecular complexity index is 1260. The van der Waals surface area contributed by atoms with Gasteiger partial charge < -0.3 is 20.3 Å². The molecule has 0 spiro atoms. The smallest absolute Gasteiger partial charge is 0.475 e. The van der Waals surface area contributed by atoms with Crippen molar-refractivity contribution < 1.29 is 36.6 Å². The van der Waals surface area contributed by atoms with E-state index in [0.29, 0.717) is 13.1 Å². The summed E-state index contributed by atoms with van der Waals surface area (Å²) in [5, 5.41) is 9.82. The first-order valence-electron chi connectivity index (χ1n) is 10.9. The third kappa shape index (κ3) is 6.90. The molecule has 194 valence electrons. The van der Waals surface area contributed by atoms with Crippen LogP contribution in [-0.2, 0) is 4.79 Å². The first-order chi connectivity index (χ1) is 17.0. The Labute approximate surface area is 201 Å². The molecule has 0 saturated carbocycles. The molecular formula is C23H23F5N4O4. The van der Waals surface area contributed by atoms with Crippen LogP contribution < -0.4 is 11.0 Å². The fourth-order valence-corrected chi connectivity index (χ4v) is 3.95. The van der Waals surface area contributed by atoms with Crippen LogP contribution in [0.4, 0.5) is 22.0 Å². The van der Waals surface area contributed by atoms with Gasteiger partial charge in [-0.25, -0.2) is 18.4 Å². The number of carbonyl (C=O) groups is 2. The highest BCUT2D eigenvalue weighted by molar-refractivity contribution is 5.94. The van der Waals surface area contributed by atoms with E-state index >= 15 is 0 Å². The fraction of sp³-hybridized carbons (Fsp3) is 0.348. The van der Waals surface area contributed by atoms with Gasteiger partial charge in [-0.3, -0.25) is 9.36 Å². The van der Waals surface area contributed by atoms with Gasteiger partial charge in [-0.2, -0.15) is 13.2 Å². The van der Waals surface area contributed by atoms with Gasteiger partial charge >= 0.3 is 17.8 Å². The molecule has 1 saturated heterocycles. The second-order valence-corrected chi connectivity index (χ2v) is 8.11. The topological polar surface area (TPSA) is 107 Å². The minimum atomic E-state index is -5.08. The van der Waals surface area contributed by atoms with E-state index in [2.05, 4.69) is 15.2 Å². The van der Waals surface area contributed by atoms with Crippen LogP contribution >= 0.6 is 0 Å². The van der Waals surface area contributed by atoms with Crippen LogP contribution in [0.15, 0.2) is 47.3 Å². The van der Waals surface area contributed by atoms with E-state index in [9.17, 15) is 31.5 Å². The maximum Gasteiger partial charge on any atom is 0.490 e. The van der Waals surface area contributed by atoms with Crippen LogP contribution in [0, 0.1) is 11.6 Å². The van der Waals surface area contributed by atoms with Crippen molar-refractivity contribution in [1.29, 1.82) is 0 Å². The van der Waals surface area contributed by atoms with Crippen LogP contribution in [0.1, 0.15) is 29.2 Å². The number of alkyl halides is 3. The van der Waals surface area contributed by atoms with Gasteiger partial charge in [-0.1, -0.05) is 12.1 Å². The number of carbonyl (C=O) groups excluding carboxylic acids is 1. The number of nitrogens with zero attached hydrogens (tertiary/aromatic N) is 2. The van der Waals surface area contributed by atoms with Crippen LogP contribution in [-0.4, -0.2) is 63.8 Å². The van der Waals surface area contributed by atoms with Gasteiger partial charge in [0.25, 0.3) is 5.91 Å². The summed E-state index contributed by atoms with van der Waals surface area (Å²) in [7, 11) is 0. The maximum atomic E-state index is 13.2. The van der Waals surface area contributed by atoms with E-state index < -0.39 is 29.7 Å². The summed E-state index contributed by atoms with van der Waals surface area (Å²) in [6.45, 7) is 2.63. The first-order valence-corrected chi connectivity index (χ1v) is 10.9. The van der Waals surface area contributed by atoms with Gasteiger partial charge in [0, 0.05) is 43.9 Å². The van der Waals surface area contributed by atoms with Gasteiger partial charge in [0.2, 0.25) is 0 Å². The quantitative estimate of drug-likeness (QED) is 0.453. The molecule has 3 aromatic rings. The van der Waals surface area contributed by atoms with Crippen molar-refractivity contribution in [1.82, 2.24) is 19.8 Å². The summed E-state index contributed by atoms with van der Waals surface area (Å²) in [5.74, 6) is -4.80. The second kappa shape index (κ2) is 11.3. The number of fused-ring (bicyclic) bond motifs is 1. The van der Waals surface area contributed by atoms with Crippen molar-refractivity contribution in [2.75, 3.05) is 26.2 Å². The molecule has 13 heteroatoms. The van der Waals surface area contributed by atoms with Crippen molar-refractivity contribution in [3.05, 3.63) is 70.1 Å². The Morgan fingerprint density at radius 1 is 1.06 bits per heavy atom. The molecule has 4 rings (SSSR count). The summed E-state index contributed by atoms with van der Waals surface area (Å²) in [5.41, 5.74) is 1.65. The molecule has 1 aliphatic heterocycles. The van der Waals surface area contributed by atoms with Gasteiger partial charge in [0.15, 0.2) is 0 Å². The minimum Gasteiger partial charge on any atom is -0.475 e. The molecule has 2 heterocycles. The summed E-state index contributed by atoms with van der Waals surface area (Å²) in [4.78, 5) is 38.4. The number of carboxylic acid groups (broad SMARTS) is 1. The number of piperidine rings is 1. The van der Waals surface area contributed by atoms with E-state index in [1.165, 1.54) is 0 Å². The van der Waals surface area contributed by atoms with Crippen molar-refractivity contribution in [2.45, 2.75) is 25.1 Å². The first kappa shape index (κ1) is 26.9. The highest BCUT2D eigenvalue weighted by atomic mass is 19.4. The van der Waals surface area contributed by atoms with Crippen molar-refractivity contribution >= 4 is 22.9 Å². The van der Waals surface area contributed by atoms with E-state index in [-0.39, 0.29) is 17.3 Å². The second-order valence-electron chi connectivity index (χ2n) is 8.11. The molecule has 2 aromatic carbocycles.